The quantitative estimate of drug-likeness (QED) is 0.690. The Hall–Kier alpha value is -3.05. The van der Waals surface area contributed by atoms with Crippen molar-refractivity contribution in [2.75, 3.05) is 11.4 Å². The monoisotopic (exact) mass is 375 g/mol. The number of nitrogens with two attached hydrogens (primary N) is 1. The van der Waals surface area contributed by atoms with Gasteiger partial charge in [-0.05, 0) is 36.6 Å². The zero-order valence-electron chi connectivity index (χ0n) is 16.0. The highest BCUT2D eigenvalue weighted by Gasteiger charge is 2.27. The lowest BCUT2D eigenvalue weighted by Crippen LogP contribution is -2.33. The first-order chi connectivity index (χ1) is 13.6. The van der Waals surface area contributed by atoms with Crippen LogP contribution < -0.4 is 16.0 Å². The highest BCUT2D eigenvalue weighted by Crippen LogP contribution is 2.33. The van der Waals surface area contributed by atoms with E-state index in [1.807, 2.05) is 36.4 Å². The molecule has 2 unspecified atom stereocenters. The molecule has 0 saturated carbocycles. The Kier molecular flexibility index (Phi) is 5.17. The average Bonchev–Trinajstić information content (AvgIpc) is 3.31. The van der Waals surface area contributed by atoms with Crippen LogP contribution in [0, 0.1) is 0 Å². The number of nitrogens with zero attached hydrogens (tertiary/aromatic N) is 1. The van der Waals surface area contributed by atoms with Gasteiger partial charge in [0.25, 0.3) is 5.91 Å². The second-order valence-electron chi connectivity index (χ2n) is 7.31. The molecule has 4 rings (SSSR count). The highest BCUT2D eigenvalue weighted by atomic mass is 16.3. The third kappa shape index (κ3) is 3.66. The first-order valence-electron chi connectivity index (χ1n) is 9.63. The highest BCUT2D eigenvalue weighted by molar-refractivity contribution is 5.93. The molecule has 1 aromatic heterocycles. The van der Waals surface area contributed by atoms with E-state index in [-0.39, 0.29) is 11.9 Å². The molecule has 2 heterocycles. The maximum Gasteiger partial charge on any atom is 0.287 e. The molecule has 1 aliphatic rings. The molecule has 0 spiro atoms. The van der Waals surface area contributed by atoms with Crippen molar-refractivity contribution < 1.29 is 9.21 Å². The molecule has 2 atom stereocenters. The number of furan rings is 1. The van der Waals surface area contributed by atoms with Gasteiger partial charge < -0.3 is 20.4 Å². The Morgan fingerprint density at radius 2 is 1.93 bits per heavy atom. The van der Waals surface area contributed by atoms with Crippen molar-refractivity contribution in [1.29, 1.82) is 0 Å². The number of amides is 1. The van der Waals surface area contributed by atoms with Gasteiger partial charge in [-0.3, -0.25) is 4.79 Å². The second kappa shape index (κ2) is 7.90. The molecule has 0 radical (unpaired) electrons. The third-order valence-electron chi connectivity index (χ3n) is 5.35. The van der Waals surface area contributed by atoms with Crippen LogP contribution in [0.25, 0.3) is 0 Å². The normalized spacial score (nSPS) is 16.6. The van der Waals surface area contributed by atoms with Gasteiger partial charge in [-0.2, -0.15) is 0 Å². The molecule has 5 nitrogen and oxygen atoms in total. The number of carbonyl (C=O) groups excluding carboxylic acids is 1. The van der Waals surface area contributed by atoms with Gasteiger partial charge in [-0.25, -0.2) is 0 Å². The van der Waals surface area contributed by atoms with E-state index < -0.39 is 0 Å². The van der Waals surface area contributed by atoms with Crippen molar-refractivity contribution in [1.82, 2.24) is 5.32 Å². The summed E-state index contributed by atoms with van der Waals surface area (Å²) in [5, 5.41) is 2.90. The zero-order chi connectivity index (χ0) is 19.5. The fourth-order valence-electron chi connectivity index (χ4n) is 3.81. The van der Waals surface area contributed by atoms with Crippen LogP contribution in [0.5, 0.6) is 0 Å². The SMILES string of the molecule is CC1Cc2ccccc2N1Cc1ccoc1C(=O)NCC(N)c1ccccc1. The molecule has 0 bridgehead atoms. The van der Waals surface area contributed by atoms with Crippen LogP contribution in [-0.2, 0) is 13.0 Å². The topological polar surface area (TPSA) is 71.5 Å². The minimum Gasteiger partial charge on any atom is -0.459 e. The third-order valence-corrected chi connectivity index (χ3v) is 5.35. The number of anilines is 1. The largest absolute Gasteiger partial charge is 0.459 e. The van der Waals surface area contributed by atoms with Gasteiger partial charge in [0.2, 0.25) is 0 Å². The number of benzene rings is 2. The van der Waals surface area contributed by atoms with E-state index >= 15 is 0 Å². The molecule has 1 aliphatic heterocycles. The summed E-state index contributed by atoms with van der Waals surface area (Å²) in [6, 6.07) is 20.2. The van der Waals surface area contributed by atoms with E-state index in [0.29, 0.717) is 24.9 Å². The van der Waals surface area contributed by atoms with Crippen LogP contribution in [0.1, 0.15) is 40.2 Å². The number of rotatable bonds is 6. The maximum atomic E-state index is 12.7. The van der Waals surface area contributed by atoms with E-state index in [1.54, 1.807) is 6.26 Å². The Balaban J connectivity index is 1.43. The molecule has 0 saturated heterocycles. The fraction of sp³-hybridized carbons (Fsp3) is 0.261. The molecule has 2 aromatic carbocycles. The first-order valence-corrected chi connectivity index (χ1v) is 9.63. The van der Waals surface area contributed by atoms with Gasteiger partial charge in [0.1, 0.15) is 0 Å². The van der Waals surface area contributed by atoms with E-state index in [9.17, 15) is 4.79 Å². The van der Waals surface area contributed by atoms with Crippen molar-refractivity contribution in [2.24, 2.45) is 5.73 Å². The van der Waals surface area contributed by atoms with E-state index in [0.717, 1.165) is 17.5 Å². The lowest BCUT2D eigenvalue weighted by molar-refractivity contribution is 0.0922. The van der Waals surface area contributed by atoms with E-state index in [2.05, 4.69) is 41.4 Å². The second-order valence-corrected chi connectivity index (χ2v) is 7.31. The van der Waals surface area contributed by atoms with Crippen molar-refractivity contribution >= 4 is 11.6 Å². The number of carbonyl (C=O) groups is 1. The van der Waals surface area contributed by atoms with Crippen molar-refractivity contribution in [3.8, 4) is 0 Å². The smallest absolute Gasteiger partial charge is 0.287 e. The Labute approximate surface area is 165 Å². The summed E-state index contributed by atoms with van der Waals surface area (Å²) in [6.45, 7) is 3.20. The Bertz CT molecular complexity index is 951. The summed E-state index contributed by atoms with van der Waals surface area (Å²) >= 11 is 0. The first kappa shape index (κ1) is 18.3. The Morgan fingerprint density at radius 1 is 1.18 bits per heavy atom. The molecule has 1 amide bonds. The molecule has 0 aliphatic carbocycles. The fourth-order valence-corrected chi connectivity index (χ4v) is 3.81. The average molecular weight is 375 g/mol. The summed E-state index contributed by atoms with van der Waals surface area (Å²) in [7, 11) is 0. The maximum absolute atomic E-state index is 12.7. The molecular weight excluding hydrogens is 350 g/mol. The summed E-state index contributed by atoms with van der Waals surface area (Å²) in [5.74, 6) is 0.128. The van der Waals surface area contributed by atoms with Crippen LogP contribution >= 0.6 is 0 Å². The van der Waals surface area contributed by atoms with Crippen LogP contribution in [0.3, 0.4) is 0 Å². The predicted molar refractivity (Wildman–Crippen MR) is 110 cm³/mol. The van der Waals surface area contributed by atoms with Gasteiger partial charge in [-0.1, -0.05) is 48.5 Å². The predicted octanol–water partition coefficient (Wildman–Crippen LogP) is 3.66. The van der Waals surface area contributed by atoms with Gasteiger partial charge in [0, 0.05) is 36.4 Å². The number of hydrogen-bond acceptors (Lipinski definition) is 4. The van der Waals surface area contributed by atoms with Crippen LogP contribution in [0.4, 0.5) is 5.69 Å². The van der Waals surface area contributed by atoms with Gasteiger partial charge in [0.05, 0.1) is 6.26 Å². The van der Waals surface area contributed by atoms with Crippen molar-refractivity contribution in [3.05, 3.63) is 89.4 Å². The molecular formula is C23H25N3O2. The number of para-hydroxylation sites is 1. The van der Waals surface area contributed by atoms with Crippen molar-refractivity contribution in [2.45, 2.75) is 32.0 Å². The molecule has 0 fully saturated rings. The number of hydrogen-bond donors (Lipinski definition) is 2. The molecule has 5 heteroatoms. The molecule has 3 aromatic rings. The van der Waals surface area contributed by atoms with Crippen LogP contribution in [0.15, 0.2) is 71.3 Å². The lowest BCUT2D eigenvalue weighted by Gasteiger charge is -2.24. The molecule has 144 valence electrons. The molecule has 3 N–H and O–H groups in total. The minimum absolute atomic E-state index is 0.230. The minimum atomic E-state index is -0.256. The lowest BCUT2D eigenvalue weighted by atomic mass is 10.1. The zero-order valence-corrected chi connectivity index (χ0v) is 16.0. The molecule has 28 heavy (non-hydrogen) atoms. The van der Waals surface area contributed by atoms with Crippen LogP contribution in [0.2, 0.25) is 0 Å². The summed E-state index contributed by atoms with van der Waals surface area (Å²) in [6.07, 6.45) is 2.59. The number of fused-ring (bicyclic) bond motifs is 1. The van der Waals surface area contributed by atoms with E-state index in [4.69, 9.17) is 10.2 Å². The van der Waals surface area contributed by atoms with Gasteiger partial charge in [-0.15, -0.1) is 0 Å². The van der Waals surface area contributed by atoms with Crippen LogP contribution in [-0.4, -0.2) is 18.5 Å². The van der Waals surface area contributed by atoms with E-state index in [1.165, 1.54) is 11.3 Å². The summed E-state index contributed by atoms with van der Waals surface area (Å²) in [4.78, 5) is 15.0. The number of nitrogens with one attached hydrogen (secondary N) is 1. The Morgan fingerprint density at radius 3 is 2.75 bits per heavy atom. The van der Waals surface area contributed by atoms with Gasteiger partial charge >= 0.3 is 0 Å². The van der Waals surface area contributed by atoms with Crippen molar-refractivity contribution in [3.63, 3.8) is 0 Å². The van der Waals surface area contributed by atoms with Gasteiger partial charge in [0.15, 0.2) is 5.76 Å². The summed E-state index contributed by atoms with van der Waals surface area (Å²) in [5.41, 5.74) is 10.6. The summed E-state index contributed by atoms with van der Waals surface area (Å²) < 4.78 is 5.52. The standard InChI is InChI=1S/C23H25N3O2/c1-16-13-18-9-5-6-10-21(18)26(16)15-19-11-12-28-22(19)23(27)25-14-20(24)17-7-3-2-4-8-17/h2-12,16,20H,13-15,24H2,1H3,(H,25,27).